The Bertz CT molecular complexity index is 809. The fourth-order valence-electron chi connectivity index (χ4n) is 2.34. The maximum atomic E-state index is 12.0. The number of rotatable bonds is 9. The lowest BCUT2D eigenvalue weighted by Crippen LogP contribution is -2.50. The predicted octanol–water partition coefficient (Wildman–Crippen LogP) is 1.36. The average molecular weight is 399 g/mol. The molecule has 2 rings (SSSR count). The van der Waals surface area contributed by atoms with E-state index in [0.29, 0.717) is 18.1 Å². The van der Waals surface area contributed by atoms with Crippen LogP contribution in [0.1, 0.15) is 19.4 Å². The normalized spacial score (nSPS) is 11.1. The van der Waals surface area contributed by atoms with Gasteiger partial charge in [-0.3, -0.25) is 25.2 Å². The summed E-state index contributed by atoms with van der Waals surface area (Å²) >= 11 is 0. The number of carbonyl (C=O) groups is 3. The van der Waals surface area contributed by atoms with E-state index in [9.17, 15) is 14.4 Å². The van der Waals surface area contributed by atoms with Gasteiger partial charge in [0.15, 0.2) is 6.10 Å². The third kappa shape index (κ3) is 7.92. The summed E-state index contributed by atoms with van der Waals surface area (Å²) in [6.07, 6.45) is -0.658. The fraction of sp³-hybridized carbons (Fsp3) is 0.286. The molecule has 154 valence electrons. The highest BCUT2D eigenvalue weighted by atomic mass is 16.5. The number of ether oxygens (including phenoxy) is 2. The molecule has 1 atom stereocenters. The minimum atomic E-state index is -0.832. The minimum Gasteiger partial charge on any atom is -0.494 e. The summed E-state index contributed by atoms with van der Waals surface area (Å²) < 4.78 is 10.9. The van der Waals surface area contributed by atoms with E-state index in [2.05, 4.69) is 16.2 Å². The first-order chi connectivity index (χ1) is 14.0. The van der Waals surface area contributed by atoms with Crippen molar-refractivity contribution in [3.8, 4) is 11.5 Å². The molecule has 0 aliphatic heterocycles. The highest BCUT2D eigenvalue weighted by molar-refractivity contribution is 5.88. The Morgan fingerprint density at radius 2 is 1.55 bits per heavy atom. The molecular weight excluding hydrogens is 374 g/mol. The number of benzene rings is 2. The third-order valence-electron chi connectivity index (χ3n) is 3.80. The molecule has 0 aliphatic rings. The van der Waals surface area contributed by atoms with Gasteiger partial charge in [-0.05, 0) is 43.7 Å². The molecule has 8 heteroatoms. The zero-order valence-electron chi connectivity index (χ0n) is 16.4. The van der Waals surface area contributed by atoms with Crippen molar-refractivity contribution >= 4 is 17.7 Å². The summed E-state index contributed by atoms with van der Waals surface area (Å²) in [5.74, 6) is -0.158. The SMILES string of the molecule is CCOc1ccc(O[C@H](C)C(=O)NNC(=O)CNC(=O)Cc2ccccc2)cc1. The van der Waals surface area contributed by atoms with Crippen LogP contribution in [0, 0.1) is 0 Å². The van der Waals surface area contributed by atoms with Gasteiger partial charge >= 0.3 is 0 Å². The number of hydrazine groups is 1. The first-order valence-corrected chi connectivity index (χ1v) is 9.26. The molecule has 3 N–H and O–H groups in total. The highest BCUT2D eigenvalue weighted by Crippen LogP contribution is 2.18. The Morgan fingerprint density at radius 3 is 2.21 bits per heavy atom. The Hall–Kier alpha value is -3.55. The van der Waals surface area contributed by atoms with Crippen molar-refractivity contribution in [3.05, 3.63) is 60.2 Å². The van der Waals surface area contributed by atoms with Crippen molar-refractivity contribution < 1.29 is 23.9 Å². The summed E-state index contributed by atoms with van der Waals surface area (Å²) in [6, 6.07) is 16.0. The summed E-state index contributed by atoms with van der Waals surface area (Å²) in [6.45, 7) is 3.75. The Kier molecular flexibility index (Phi) is 8.50. The van der Waals surface area contributed by atoms with E-state index in [1.807, 2.05) is 37.3 Å². The van der Waals surface area contributed by atoms with Crippen LogP contribution in [0.2, 0.25) is 0 Å². The molecule has 2 aromatic rings. The smallest absolute Gasteiger partial charge is 0.279 e. The van der Waals surface area contributed by atoms with E-state index in [0.717, 1.165) is 5.56 Å². The van der Waals surface area contributed by atoms with Gasteiger partial charge in [-0.1, -0.05) is 30.3 Å². The Labute approximate surface area is 169 Å². The van der Waals surface area contributed by atoms with Gasteiger partial charge in [0.25, 0.3) is 11.8 Å². The van der Waals surface area contributed by atoms with Gasteiger partial charge in [0.2, 0.25) is 5.91 Å². The van der Waals surface area contributed by atoms with E-state index in [4.69, 9.17) is 9.47 Å². The largest absolute Gasteiger partial charge is 0.494 e. The van der Waals surface area contributed by atoms with Gasteiger partial charge in [0.1, 0.15) is 11.5 Å². The molecule has 0 bridgehead atoms. The lowest BCUT2D eigenvalue weighted by atomic mass is 10.1. The van der Waals surface area contributed by atoms with E-state index in [1.54, 1.807) is 31.2 Å². The lowest BCUT2D eigenvalue weighted by Gasteiger charge is -2.15. The summed E-state index contributed by atoms with van der Waals surface area (Å²) in [7, 11) is 0. The van der Waals surface area contributed by atoms with E-state index in [1.165, 1.54) is 0 Å². The first kappa shape index (κ1) is 21.7. The van der Waals surface area contributed by atoms with Crippen molar-refractivity contribution in [1.29, 1.82) is 0 Å². The minimum absolute atomic E-state index is 0.174. The molecule has 0 aromatic heterocycles. The quantitative estimate of drug-likeness (QED) is 0.552. The Balaban J connectivity index is 1.67. The van der Waals surface area contributed by atoms with Crippen LogP contribution in [0.3, 0.4) is 0 Å². The molecule has 0 fully saturated rings. The zero-order valence-corrected chi connectivity index (χ0v) is 16.4. The van der Waals surface area contributed by atoms with Crippen LogP contribution in [0.15, 0.2) is 54.6 Å². The summed E-state index contributed by atoms with van der Waals surface area (Å²) in [5.41, 5.74) is 5.36. The van der Waals surface area contributed by atoms with Gasteiger partial charge in [-0.2, -0.15) is 0 Å². The number of hydrogen-bond acceptors (Lipinski definition) is 5. The molecule has 8 nitrogen and oxygen atoms in total. The number of nitrogens with one attached hydrogen (secondary N) is 3. The molecule has 0 unspecified atom stereocenters. The molecular formula is C21H25N3O5. The van der Waals surface area contributed by atoms with Crippen LogP contribution in [0.4, 0.5) is 0 Å². The molecule has 0 spiro atoms. The standard InChI is InChI=1S/C21H25N3O5/c1-3-28-17-9-11-18(12-10-17)29-15(2)21(27)24-23-20(26)14-22-19(25)13-16-7-5-4-6-8-16/h4-12,15H,3,13-14H2,1-2H3,(H,22,25)(H,23,26)(H,24,27)/t15-/m1/s1. The van der Waals surface area contributed by atoms with Crippen molar-refractivity contribution in [3.63, 3.8) is 0 Å². The summed E-state index contributed by atoms with van der Waals surface area (Å²) in [4.78, 5) is 35.7. The van der Waals surface area contributed by atoms with Gasteiger partial charge < -0.3 is 14.8 Å². The van der Waals surface area contributed by atoms with Gasteiger partial charge in [0.05, 0.1) is 19.6 Å². The molecule has 0 radical (unpaired) electrons. The third-order valence-corrected chi connectivity index (χ3v) is 3.80. The van der Waals surface area contributed by atoms with Crippen molar-refractivity contribution in [2.24, 2.45) is 0 Å². The number of carbonyl (C=O) groups excluding carboxylic acids is 3. The van der Waals surface area contributed by atoms with Gasteiger partial charge in [0, 0.05) is 0 Å². The van der Waals surface area contributed by atoms with E-state index >= 15 is 0 Å². The average Bonchev–Trinajstić information content (AvgIpc) is 2.72. The van der Waals surface area contributed by atoms with Crippen LogP contribution < -0.4 is 25.6 Å². The van der Waals surface area contributed by atoms with Crippen molar-refractivity contribution in [2.75, 3.05) is 13.2 Å². The number of hydrogen-bond donors (Lipinski definition) is 3. The second-order valence-corrected chi connectivity index (χ2v) is 6.14. The van der Waals surface area contributed by atoms with Crippen LogP contribution in [0.5, 0.6) is 11.5 Å². The molecule has 0 aliphatic carbocycles. The van der Waals surface area contributed by atoms with Gasteiger partial charge in [-0.15, -0.1) is 0 Å². The van der Waals surface area contributed by atoms with Crippen LogP contribution in [-0.2, 0) is 20.8 Å². The second kappa shape index (κ2) is 11.3. The molecule has 0 saturated carbocycles. The lowest BCUT2D eigenvalue weighted by molar-refractivity contribution is -0.132. The second-order valence-electron chi connectivity index (χ2n) is 6.14. The monoisotopic (exact) mass is 399 g/mol. The maximum Gasteiger partial charge on any atom is 0.279 e. The molecule has 0 saturated heterocycles. The van der Waals surface area contributed by atoms with Crippen LogP contribution >= 0.6 is 0 Å². The predicted molar refractivity (Wildman–Crippen MR) is 107 cm³/mol. The highest BCUT2D eigenvalue weighted by Gasteiger charge is 2.15. The fourth-order valence-corrected chi connectivity index (χ4v) is 2.34. The topological polar surface area (TPSA) is 106 Å². The van der Waals surface area contributed by atoms with E-state index in [-0.39, 0.29) is 18.9 Å². The maximum absolute atomic E-state index is 12.0. The Morgan fingerprint density at radius 1 is 0.897 bits per heavy atom. The number of amides is 3. The van der Waals surface area contributed by atoms with Crippen LogP contribution in [0.25, 0.3) is 0 Å². The first-order valence-electron chi connectivity index (χ1n) is 9.26. The van der Waals surface area contributed by atoms with Crippen molar-refractivity contribution in [1.82, 2.24) is 16.2 Å². The molecule has 0 heterocycles. The van der Waals surface area contributed by atoms with Gasteiger partial charge in [-0.25, -0.2) is 0 Å². The molecule has 29 heavy (non-hydrogen) atoms. The molecule has 2 aromatic carbocycles. The molecule has 3 amide bonds. The van der Waals surface area contributed by atoms with Crippen LogP contribution in [-0.4, -0.2) is 37.0 Å². The van der Waals surface area contributed by atoms with Crippen molar-refractivity contribution in [2.45, 2.75) is 26.4 Å². The summed E-state index contributed by atoms with van der Waals surface area (Å²) in [5, 5.41) is 2.49. The van der Waals surface area contributed by atoms with E-state index < -0.39 is 17.9 Å². The zero-order chi connectivity index (χ0) is 21.1.